The minimum absolute atomic E-state index is 0. The smallest absolute Gasteiger partial charge is 0.341 e. The van der Waals surface area contributed by atoms with Gasteiger partial charge in [-0.05, 0) is 31.4 Å². The van der Waals surface area contributed by atoms with Crippen LogP contribution in [0.1, 0.15) is 36.0 Å². The van der Waals surface area contributed by atoms with Crippen molar-refractivity contribution in [2.24, 2.45) is 0 Å². The Morgan fingerprint density at radius 1 is 1.25 bits per heavy atom. The van der Waals surface area contributed by atoms with Crippen LogP contribution in [-0.4, -0.2) is 55.3 Å². The van der Waals surface area contributed by atoms with Crippen molar-refractivity contribution in [2.75, 3.05) is 39.1 Å². The summed E-state index contributed by atoms with van der Waals surface area (Å²) in [4.78, 5) is 23.5. The molecule has 1 aliphatic heterocycles. The zero-order valence-electron chi connectivity index (χ0n) is 14.2. The van der Waals surface area contributed by atoms with Crippen molar-refractivity contribution in [3.63, 3.8) is 0 Å². The lowest BCUT2D eigenvalue weighted by molar-refractivity contribution is -0.913. The predicted octanol–water partition coefficient (Wildman–Crippen LogP) is -0.858. The van der Waals surface area contributed by atoms with Crippen LogP contribution in [0.15, 0.2) is 18.2 Å². The van der Waals surface area contributed by atoms with E-state index in [1.54, 1.807) is 6.07 Å². The quantitative estimate of drug-likeness (QED) is 0.350. The van der Waals surface area contributed by atoms with Crippen molar-refractivity contribution in [1.29, 1.82) is 0 Å². The largest absolute Gasteiger partial charge is 1.00 e. The predicted molar refractivity (Wildman–Crippen MR) is 87.3 cm³/mol. The van der Waals surface area contributed by atoms with Crippen molar-refractivity contribution in [2.45, 2.75) is 25.7 Å². The Morgan fingerprint density at radius 3 is 2.50 bits per heavy atom. The van der Waals surface area contributed by atoms with Gasteiger partial charge in [0, 0.05) is 11.8 Å². The lowest BCUT2D eigenvalue weighted by atomic mass is 10.1. The fourth-order valence-electron chi connectivity index (χ4n) is 2.99. The first kappa shape index (κ1) is 20.7. The third-order valence-electron chi connectivity index (χ3n) is 4.46. The van der Waals surface area contributed by atoms with Crippen LogP contribution in [0, 0.1) is 0 Å². The Morgan fingerprint density at radius 2 is 1.92 bits per heavy atom. The van der Waals surface area contributed by atoms with E-state index in [1.165, 1.54) is 38.5 Å². The van der Waals surface area contributed by atoms with Crippen molar-refractivity contribution < 1.29 is 47.9 Å². The van der Waals surface area contributed by atoms with E-state index in [2.05, 4.69) is 17.1 Å². The van der Waals surface area contributed by atoms with Gasteiger partial charge < -0.3 is 43.6 Å². The average Bonchev–Trinajstić information content (AvgIpc) is 2.53. The minimum Gasteiger partial charge on any atom is -1.00 e. The number of quaternary nitrogens is 1. The SMILES string of the molecule is COC(=O)c1ccc(NC(=O)CC[N+]2(C)CCCCC2)cc1O.[I-]. The summed E-state index contributed by atoms with van der Waals surface area (Å²) in [7, 11) is 3.45. The molecule has 0 spiro atoms. The van der Waals surface area contributed by atoms with Crippen LogP contribution in [0.2, 0.25) is 0 Å². The molecule has 7 heteroatoms. The van der Waals surface area contributed by atoms with Gasteiger partial charge in [-0.1, -0.05) is 0 Å². The van der Waals surface area contributed by atoms with Crippen LogP contribution in [0.3, 0.4) is 0 Å². The molecular formula is C17H25IN2O4. The number of carbonyl (C=O) groups is 2. The van der Waals surface area contributed by atoms with Crippen molar-refractivity contribution >= 4 is 17.6 Å². The topological polar surface area (TPSA) is 75.6 Å². The summed E-state index contributed by atoms with van der Waals surface area (Å²) in [5.41, 5.74) is 0.554. The van der Waals surface area contributed by atoms with Crippen molar-refractivity contribution in [1.82, 2.24) is 0 Å². The van der Waals surface area contributed by atoms with Crippen molar-refractivity contribution in [3.05, 3.63) is 23.8 Å². The fourth-order valence-corrected chi connectivity index (χ4v) is 2.99. The van der Waals surface area contributed by atoms with Crippen molar-refractivity contribution in [3.8, 4) is 5.75 Å². The molecule has 1 heterocycles. The number of esters is 1. The van der Waals surface area contributed by atoms with E-state index in [-0.39, 0.29) is 41.2 Å². The minimum atomic E-state index is -0.608. The third-order valence-corrected chi connectivity index (χ3v) is 4.46. The van der Waals surface area contributed by atoms with Gasteiger partial charge in [-0.25, -0.2) is 4.79 Å². The molecule has 24 heavy (non-hydrogen) atoms. The van der Waals surface area contributed by atoms with E-state index in [4.69, 9.17) is 0 Å². The first-order valence-electron chi connectivity index (χ1n) is 7.98. The Bertz CT molecular complexity index is 586. The van der Waals surface area contributed by atoms with Gasteiger partial charge in [0.2, 0.25) is 5.91 Å². The van der Waals surface area contributed by atoms with E-state index >= 15 is 0 Å². The van der Waals surface area contributed by atoms with Gasteiger partial charge in [0.05, 0.1) is 40.2 Å². The molecule has 1 aromatic rings. The zero-order valence-corrected chi connectivity index (χ0v) is 16.3. The lowest BCUT2D eigenvalue weighted by Crippen LogP contribution is -3.00. The molecule has 1 saturated heterocycles. The molecule has 2 N–H and O–H groups in total. The number of carbonyl (C=O) groups excluding carboxylic acids is 2. The van der Waals surface area contributed by atoms with Crippen LogP contribution in [0.4, 0.5) is 5.69 Å². The first-order chi connectivity index (χ1) is 10.9. The molecule has 1 fully saturated rings. The molecule has 0 saturated carbocycles. The number of methoxy groups -OCH3 is 1. The van der Waals surface area contributed by atoms with Crippen LogP contribution in [0.5, 0.6) is 5.75 Å². The highest BCUT2D eigenvalue weighted by atomic mass is 127. The zero-order chi connectivity index (χ0) is 16.9. The van der Waals surface area contributed by atoms with Gasteiger partial charge in [0.1, 0.15) is 11.3 Å². The Kier molecular flexibility index (Phi) is 7.95. The molecular weight excluding hydrogens is 423 g/mol. The van der Waals surface area contributed by atoms with Crippen LogP contribution < -0.4 is 29.3 Å². The maximum atomic E-state index is 12.1. The van der Waals surface area contributed by atoms with Crippen LogP contribution in [-0.2, 0) is 9.53 Å². The lowest BCUT2D eigenvalue weighted by Gasteiger charge is -2.37. The second-order valence-corrected chi connectivity index (χ2v) is 6.37. The number of nitrogens with one attached hydrogen (secondary N) is 1. The molecule has 1 aliphatic rings. The molecule has 134 valence electrons. The molecule has 0 aliphatic carbocycles. The standard InChI is InChI=1S/C17H24N2O4.HI/c1-19(9-4-3-5-10-19)11-8-16(21)18-13-6-7-14(15(20)12-13)17(22)23-2;/h6-7,12H,3-5,8-11H2,1-2H3,(H-,18,20,21,22);1H. The Labute approximate surface area is 159 Å². The van der Waals surface area contributed by atoms with E-state index in [0.717, 1.165) is 24.1 Å². The number of amides is 1. The number of rotatable bonds is 5. The normalized spacial score (nSPS) is 15.9. The number of likely N-dealkylation sites (tertiary alicyclic amines) is 1. The summed E-state index contributed by atoms with van der Waals surface area (Å²) in [5.74, 6) is -0.896. The van der Waals surface area contributed by atoms with Crippen LogP contribution in [0.25, 0.3) is 0 Å². The second-order valence-electron chi connectivity index (χ2n) is 6.37. The number of piperidine rings is 1. The molecule has 0 unspecified atom stereocenters. The Balaban J connectivity index is 0.00000288. The van der Waals surface area contributed by atoms with E-state index in [9.17, 15) is 14.7 Å². The molecule has 6 nitrogen and oxygen atoms in total. The highest BCUT2D eigenvalue weighted by Crippen LogP contribution is 2.23. The van der Waals surface area contributed by atoms with E-state index in [1.807, 2.05) is 0 Å². The summed E-state index contributed by atoms with van der Waals surface area (Å²) in [6.07, 6.45) is 4.17. The Hall–Kier alpha value is -1.35. The number of anilines is 1. The van der Waals surface area contributed by atoms with Gasteiger partial charge in [-0.3, -0.25) is 4.79 Å². The number of phenols is 1. The molecule has 0 aromatic heterocycles. The number of aromatic hydroxyl groups is 1. The summed E-state index contributed by atoms with van der Waals surface area (Å²) < 4.78 is 5.51. The summed E-state index contributed by atoms with van der Waals surface area (Å²) in [5, 5.41) is 12.6. The van der Waals surface area contributed by atoms with Gasteiger partial charge in [-0.15, -0.1) is 0 Å². The van der Waals surface area contributed by atoms with Crippen LogP contribution >= 0.6 is 0 Å². The number of hydrogen-bond donors (Lipinski definition) is 2. The monoisotopic (exact) mass is 448 g/mol. The molecule has 1 amide bonds. The molecule has 0 bridgehead atoms. The maximum Gasteiger partial charge on any atom is 0.341 e. The number of hydrogen-bond acceptors (Lipinski definition) is 4. The highest BCUT2D eigenvalue weighted by molar-refractivity contribution is 5.95. The van der Waals surface area contributed by atoms with E-state index in [0.29, 0.717) is 12.1 Å². The number of nitrogens with zero attached hydrogens (tertiary/aromatic N) is 1. The number of ether oxygens (including phenoxy) is 1. The molecule has 1 aromatic carbocycles. The third kappa shape index (κ3) is 5.62. The molecule has 0 atom stereocenters. The van der Waals surface area contributed by atoms with Gasteiger partial charge in [-0.2, -0.15) is 0 Å². The second kappa shape index (κ2) is 9.22. The number of halogens is 1. The highest BCUT2D eigenvalue weighted by Gasteiger charge is 2.25. The average molecular weight is 448 g/mol. The van der Waals surface area contributed by atoms with Gasteiger partial charge in [0.25, 0.3) is 0 Å². The van der Waals surface area contributed by atoms with Gasteiger partial charge in [0.15, 0.2) is 0 Å². The summed E-state index contributed by atoms with van der Waals surface area (Å²) >= 11 is 0. The number of phenolic OH excluding ortho intramolecular Hbond substituents is 1. The maximum absolute atomic E-state index is 12.1. The molecule has 0 radical (unpaired) electrons. The summed E-state index contributed by atoms with van der Waals surface area (Å²) in [6, 6.07) is 4.39. The molecule has 2 rings (SSSR count). The summed E-state index contributed by atoms with van der Waals surface area (Å²) in [6.45, 7) is 3.07. The number of benzene rings is 1. The first-order valence-corrected chi connectivity index (χ1v) is 7.98. The van der Waals surface area contributed by atoms with E-state index < -0.39 is 5.97 Å². The fraction of sp³-hybridized carbons (Fsp3) is 0.529. The van der Waals surface area contributed by atoms with Gasteiger partial charge >= 0.3 is 5.97 Å².